The summed E-state index contributed by atoms with van der Waals surface area (Å²) in [6.07, 6.45) is 2.25. The number of likely N-dealkylation sites (tertiary alicyclic amines) is 1. The highest BCUT2D eigenvalue weighted by Gasteiger charge is 2.30. The first-order chi connectivity index (χ1) is 19.0. The maximum Gasteiger partial charge on any atom is 0.255 e. The van der Waals surface area contributed by atoms with Crippen LogP contribution in [0.1, 0.15) is 40.7 Å². The summed E-state index contributed by atoms with van der Waals surface area (Å²) >= 11 is 0. The predicted octanol–water partition coefficient (Wildman–Crippen LogP) is 4.56. The average molecular weight is 528 g/mol. The van der Waals surface area contributed by atoms with Gasteiger partial charge < -0.3 is 15.5 Å². The molecule has 3 N–H and O–H groups in total. The monoisotopic (exact) mass is 527 g/mol. The van der Waals surface area contributed by atoms with Crippen molar-refractivity contribution >= 4 is 17.6 Å². The Morgan fingerprint density at radius 3 is 2.82 bits per heavy atom. The van der Waals surface area contributed by atoms with Crippen LogP contribution in [0.2, 0.25) is 0 Å². The molecule has 0 saturated carbocycles. The third-order valence-corrected chi connectivity index (χ3v) is 6.67. The van der Waals surface area contributed by atoms with Crippen LogP contribution >= 0.6 is 0 Å². The second-order valence-corrected chi connectivity index (χ2v) is 9.29. The molecule has 4 rings (SSSR count). The molecule has 0 aliphatic carbocycles. The SMILES string of the molecule is N#Cc1ccccc1-c1ccc(C(=O)NCCCN2C(=O)CC[C@@H]2CN=N)c(NCCc2cccc(F)c2)n1. The number of amides is 2. The zero-order valence-corrected chi connectivity index (χ0v) is 21.5. The lowest BCUT2D eigenvalue weighted by Crippen LogP contribution is -2.37. The Morgan fingerprint density at radius 1 is 1.18 bits per heavy atom. The Balaban J connectivity index is 1.46. The Labute approximate surface area is 226 Å². The number of hydrogen-bond acceptors (Lipinski definition) is 7. The van der Waals surface area contributed by atoms with Gasteiger partial charge in [0.1, 0.15) is 11.6 Å². The van der Waals surface area contributed by atoms with Gasteiger partial charge in [-0.25, -0.2) is 14.9 Å². The fourth-order valence-electron chi connectivity index (χ4n) is 4.69. The number of halogens is 1. The molecule has 2 heterocycles. The van der Waals surface area contributed by atoms with E-state index < -0.39 is 0 Å². The van der Waals surface area contributed by atoms with Crippen LogP contribution in [0.5, 0.6) is 0 Å². The van der Waals surface area contributed by atoms with E-state index in [0.29, 0.717) is 80.1 Å². The maximum atomic E-state index is 13.6. The number of benzene rings is 2. The molecule has 0 unspecified atom stereocenters. The lowest BCUT2D eigenvalue weighted by Gasteiger charge is -2.23. The van der Waals surface area contributed by atoms with Crippen molar-refractivity contribution in [2.75, 3.05) is 31.5 Å². The van der Waals surface area contributed by atoms with E-state index in [0.717, 1.165) is 5.56 Å². The molecule has 0 spiro atoms. The van der Waals surface area contributed by atoms with Gasteiger partial charge in [0.2, 0.25) is 5.91 Å². The first kappa shape index (κ1) is 27.4. The van der Waals surface area contributed by atoms with E-state index in [9.17, 15) is 19.2 Å². The molecular weight excluding hydrogens is 497 g/mol. The van der Waals surface area contributed by atoms with E-state index in [1.807, 2.05) is 12.1 Å². The molecule has 2 amide bonds. The van der Waals surface area contributed by atoms with Gasteiger partial charge in [0.25, 0.3) is 5.91 Å². The smallest absolute Gasteiger partial charge is 0.255 e. The van der Waals surface area contributed by atoms with Crippen molar-refractivity contribution in [2.45, 2.75) is 31.7 Å². The molecule has 3 aromatic rings. The minimum atomic E-state index is -0.318. The molecule has 0 radical (unpaired) electrons. The molecule has 10 heteroatoms. The molecule has 0 bridgehead atoms. The van der Waals surface area contributed by atoms with Crippen LogP contribution in [0.3, 0.4) is 0 Å². The first-order valence-corrected chi connectivity index (χ1v) is 12.9. The van der Waals surface area contributed by atoms with Crippen molar-refractivity contribution in [1.29, 1.82) is 10.8 Å². The van der Waals surface area contributed by atoms with E-state index in [1.165, 1.54) is 12.1 Å². The summed E-state index contributed by atoms with van der Waals surface area (Å²) in [6.45, 7) is 1.56. The summed E-state index contributed by atoms with van der Waals surface area (Å²) in [5.74, 6) is -0.212. The summed E-state index contributed by atoms with van der Waals surface area (Å²) in [5, 5.41) is 19.1. The Hall–Kier alpha value is -4.65. The second kappa shape index (κ2) is 13.2. The lowest BCUT2D eigenvalue weighted by atomic mass is 10.0. The van der Waals surface area contributed by atoms with E-state index in [4.69, 9.17) is 5.53 Å². The van der Waals surface area contributed by atoms with Crippen molar-refractivity contribution in [1.82, 2.24) is 15.2 Å². The van der Waals surface area contributed by atoms with Gasteiger partial charge in [-0.1, -0.05) is 30.3 Å². The topological polar surface area (TPSA) is 134 Å². The van der Waals surface area contributed by atoms with Crippen molar-refractivity contribution in [2.24, 2.45) is 5.11 Å². The van der Waals surface area contributed by atoms with Crippen molar-refractivity contribution in [3.8, 4) is 17.3 Å². The molecule has 1 aliphatic heterocycles. The number of carbonyl (C=O) groups excluding carboxylic acids is 2. The number of rotatable bonds is 12. The van der Waals surface area contributed by atoms with Crippen molar-refractivity contribution in [3.63, 3.8) is 0 Å². The minimum absolute atomic E-state index is 0.0485. The Morgan fingerprint density at radius 2 is 2.03 bits per heavy atom. The van der Waals surface area contributed by atoms with Gasteiger partial charge in [-0.2, -0.15) is 10.4 Å². The molecule has 1 aromatic heterocycles. The summed E-state index contributed by atoms with van der Waals surface area (Å²) in [6, 6.07) is 19.0. The van der Waals surface area contributed by atoms with Crippen LogP contribution in [-0.4, -0.2) is 53.9 Å². The van der Waals surface area contributed by atoms with Gasteiger partial charge >= 0.3 is 0 Å². The quantitative estimate of drug-likeness (QED) is 0.235. The van der Waals surface area contributed by atoms with Crippen molar-refractivity contribution < 1.29 is 14.0 Å². The van der Waals surface area contributed by atoms with Crippen LogP contribution in [0.25, 0.3) is 11.3 Å². The number of aromatic nitrogens is 1. The Kier molecular flexibility index (Phi) is 9.29. The van der Waals surface area contributed by atoms with E-state index in [2.05, 4.69) is 26.8 Å². The fraction of sp³-hybridized carbons (Fsp3) is 0.310. The van der Waals surface area contributed by atoms with Crippen LogP contribution in [0, 0.1) is 22.7 Å². The van der Waals surface area contributed by atoms with Gasteiger partial charge in [-0.3, -0.25) is 9.59 Å². The highest BCUT2D eigenvalue weighted by Crippen LogP contribution is 2.25. The largest absolute Gasteiger partial charge is 0.369 e. The van der Waals surface area contributed by atoms with Gasteiger partial charge in [-0.05, 0) is 55.2 Å². The molecular formula is C29H30FN7O2. The predicted molar refractivity (Wildman–Crippen MR) is 145 cm³/mol. The fourth-order valence-corrected chi connectivity index (χ4v) is 4.69. The number of anilines is 1. The highest BCUT2D eigenvalue weighted by atomic mass is 19.1. The van der Waals surface area contributed by atoms with Crippen LogP contribution in [-0.2, 0) is 11.2 Å². The summed E-state index contributed by atoms with van der Waals surface area (Å²) < 4.78 is 13.6. The Bertz CT molecular complexity index is 1390. The van der Waals surface area contributed by atoms with Crippen LogP contribution < -0.4 is 10.6 Å². The lowest BCUT2D eigenvalue weighted by molar-refractivity contribution is -0.128. The second-order valence-electron chi connectivity index (χ2n) is 9.29. The number of carbonyl (C=O) groups is 2. The summed E-state index contributed by atoms with van der Waals surface area (Å²) in [5.41, 5.74) is 9.93. The van der Waals surface area contributed by atoms with E-state index >= 15 is 0 Å². The number of nitrogens with zero attached hydrogens (tertiary/aromatic N) is 4. The average Bonchev–Trinajstić information content (AvgIpc) is 3.29. The normalized spacial score (nSPS) is 14.6. The molecule has 200 valence electrons. The molecule has 39 heavy (non-hydrogen) atoms. The van der Waals surface area contributed by atoms with Gasteiger partial charge in [0.05, 0.1) is 35.5 Å². The van der Waals surface area contributed by atoms with Gasteiger partial charge in [0.15, 0.2) is 0 Å². The highest BCUT2D eigenvalue weighted by molar-refractivity contribution is 5.99. The molecule has 1 atom stereocenters. The minimum Gasteiger partial charge on any atom is -0.369 e. The van der Waals surface area contributed by atoms with Crippen molar-refractivity contribution in [3.05, 3.63) is 83.2 Å². The number of hydrogen-bond donors (Lipinski definition) is 3. The molecule has 1 fully saturated rings. The summed E-state index contributed by atoms with van der Waals surface area (Å²) in [7, 11) is 0. The van der Waals surface area contributed by atoms with Gasteiger partial charge in [-0.15, -0.1) is 0 Å². The summed E-state index contributed by atoms with van der Waals surface area (Å²) in [4.78, 5) is 31.7. The maximum absolute atomic E-state index is 13.6. The van der Waals surface area contributed by atoms with Crippen LogP contribution in [0.15, 0.2) is 65.8 Å². The standard InChI is InChI=1S/C29H30FN7O2/c30-22-7-3-5-20(17-22)13-15-33-28-25(10-11-26(36-28)24-8-2-1-6-21(24)18-31)29(39)34-14-4-16-37-23(19-35-32)9-12-27(37)38/h1-3,5-8,10-11,17,23,32H,4,9,12-16,19H2,(H,33,36)(H,34,39)/t23-/m1/s1. The zero-order chi connectivity index (χ0) is 27.6. The molecule has 9 nitrogen and oxygen atoms in total. The molecule has 1 saturated heterocycles. The number of nitriles is 1. The number of pyridine rings is 1. The van der Waals surface area contributed by atoms with E-state index in [1.54, 1.807) is 41.3 Å². The van der Waals surface area contributed by atoms with Gasteiger partial charge in [0, 0.05) is 31.6 Å². The third kappa shape index (κ3) is 7.02. The number of nitrogens with one attached hydrogen (secondary N) is 3. The van der Waals surface area contributed by atoms with Crippen LogP contribution in [0.4, 0.5) is 10.2 Å². The molecule has 2 aromatic carbocycles. The first-order valence-electron chi connectivity index (χ1n) is 12.9. The zero-order valence-electron chi connectivity index (χ0n) is 21.5. The third-order valence-electron chi connectivity index (χ3n) is 6.67. The van der Waals surface area contributed by atoms with E-state index in [-0.39, 0.29) is 23.7 Å². The molecule has 1 aliphatic rings.